The highest BCUT2D eigenvalue weighted by atomic mass is 14.9. The molecule has 44 heavy (non-hydrogen) atoms. The van der Waals surface area contributed by atoms with E-state index < -0.39 is 0 Å². The predicted molar refractivity (Wildman–Crippen MR) is 178 cm³/mol. The normalized spacial score (nSPS) is 14.5. The van der Waals surface area contributed by atoms with Crippen LogP contribution in [0.15, 0.2) is 127 Å². The van der Waals surface area contributed by atoms with Gasteiger partial charge in [0.05, 0.1) is 23.0 Å². The molecule has 210 valence electrons. The van der Waals surface area contributed by atoms with Gasteiger partial charge in [0.15, 0.2) is 5.82 Å². The van der Waals surface area contributed by atoms with Crippen molar-refractivity contribution < 1.29 is 0 Å². The molecule has 2 aliphatic carbocycles. The molecule has 5 aromatic carbocycles. The van der Waals surface area contributed by atoms with Gasteiger partial charge in [-0.1, -0.05) is 116 Å². The van der Waals surface area contributed by atoms with Gasteiger partial charge >= 0.3 is 0 Å². The van der Waals surface area contributed by atoms with Gasteiger partial charge in [-0.3, -0.25) is 0 Å². The largest absolute Gasteiger partial charge is 0.228 e. The first-order valence-electron chi connectivity index (χ1n) is 15.5. The van der Waals surface area contributed by atoms with Gasteiger partial charge in [-0.25, -0.2) is 9.97 Å². The number of benzene rings is 5. The topological polar surface area (TPSA) is 49.6 Å². The Morgan fingerprint density at radius 3 is 1.91 bits per heavy atom. The Bertz CT molecular complexity index is 1990. The van der Waals surface area contributed by atoms with Gasteiger partial charge in [-0.2, -0.15) is 5.26 Å². The first kappa shape index (κ1) is 26.3. The van der Waals surface area contributed by atoms with Crippen LogP contribution < -0.4 is 0 Å². The van der Waals surface area contributed by atoms with Gasteiger partial charge in [0, 0.05) is 22.1 Å². The number of fused-ring (bicyclic) bond motifs is 5. The molecule has 6 aromatic rings. The second-order valence-corrected chi connectivity index (χ2v) is 12.1. The minimum Gasteiger partial charge on any atom is -0.228 e. The van der Waals surface area contributed by atoms with Crippen molar-refractivity contribution in [3.8, 4) is 62.2 Å². The molecule has 3 nitrogen and oxygen atoms in total. The molecule has 1 heterocycles. The van der Waals surface area contributed by atoms with Crippen molar-refractivity contribution in [1.29, 1.82) is 5.26 Å². The third kappa shape index (κ3) is 4.43. The standard InChI is InChI=1S/C41H31N3/c42-27-28-17-20-36-35(23-28)34-19-18-32(25-37(34)41(36)21-8-3-9-22-41)31-15-10-16-33(24-31)39-26-38(29-11-4-1-5-12-29)43-40(44-39)30-13-6-2-7-14-30/h1-2,4-7,10-20,23-26H,3,8-9,21-22H2. The van der Waals surface area contributed by atoms with Gasteiger partial charge in [-0.15, -0.1) is 0 Å². The molecule has 1 fully saturated rings. The van der Waals surface area contributed by atoms with E-state index in [0.29, 0.717) is 0 Å². The number of nitriles is 1. The molecule has 3 heteroatoms. The molecular formula is C41H31N3. The molecular weight excluding hydrogens is 534 g/mol. The van der Waals surface area contributed by atoms with Gasteiger partial charge in [0.2, 0.25) is 0 Å². The molecule has 0 amide bonds. The highest BCUT2D eigenvalue weighted by Crippen LogP contribution is 2.56. The molecule has 0 bridgehead atoms. The molecule has 1 saturated carbocycles. The SMILES string of the molecule is N#Cc1ccc2c(c1)-c1ccc(-c3cccc(-c4cc(-c5ccccc5)nc(-c5ccccc5)n4)c3)cc1C21CCCCC1. The minimum atomic E-state index is 0.0341. The van der Waals surface area contributed by atoms with Crippen molar-refractivity contribution in [2.75, 3.05) is 0 Å². The molecule has 0 aliphatic heterocycles. The van der Waals surface area contributed by atoms with Crippen LogP contribution >= 0.6 is 0 Å². The Labute approximate surface area is 258 Å². The Morgan fingerprint density at radius 1 is 0.500 bits per heavy atom. The summed E-state index contributed by atoms with van der Waals surface area (Å²) in [6.45, 7) is 0. The van der Waals surface area contributed by atoms with Crippen molar-refractivity contribution in [3.63, 3.8) is 0 Å². The molecule has 0 N–H and O–H groups in total. The van der Waals surface area contributed by atoms with E-state index in [4.69, 9.17) is 9.97 Å². The van der Waals surface area contributed by atoms with Crippen LogP contribution in [0.1, 0.15) is 48.8 Å². The smallest absolute Gasteiger partial charge is 0.160 e. The summed E-state index contributed by atoms with van der Waals surface area (Å²) < 4.78 is 0. The lowest BCUT2D eigenvalue weighted by Crippen LogP contribution is -2.28. The van der Waals surface area contributed by atoms with Crippen molar-refractivity contribution >= 4 is 0 Å². The maximum Gasteiger partial charge on any atom is 0.160 e. The summed E-state index contributed by atoms with van der Waals surface area (Å²) in [7, 11) is 0. The average Bonchev–Trinajstić information content (AvgIpc) is 3.36. The summed E-state index contributed by atoms with van der Waals surface area (Å²) in [6.07, 6.45) is 6.08. The average molecular weight is 566 g/mol. The van der Waals surface area contributed by atoms with E-state index in [1.54, 1.807) is 0 Å². The number of nitrogens with zero attached hydrogens (tertiary/aromatic N) is 3. The van der Waals surface area contributed by atoms with Gasteiger partial charge in [0.25, 0.3) is 0 Å². The highest BCUT2D eigenvalue weighted by Gasteiger charge is 2.43. The Hall–Kier alpha value is -5.33. The monoisotopic (exact) mass is 565 g/mol. The molecule has 2 aliphatic rings. The van der Waals surface area contributed by atoms with E-state index in [0.717, 1.165) is 52.3 Å². The Morgan fingerprint density at radius 2 is 1.16 bits per heavy atom. The van der Waals surface area contributed by atoms with Crippen LogP contribution in [0, 0.1) is 11.3 Å². The summed E-state index contributed by atoms with van der Waals surface area (Å²) in [5, 5.41) is 9.64. The van der Waals surface area contributed by atoms with E-state index in [1.165, 1.54) is 52.6 Å². The summed E-state index contributed by atoms with van der Waals surface area (Å²) >= 11 is 0. The van der Waals surface area contributed by atoms with Crippen molar-refractivity contribution in [2.45, 2.75) is 37.5 Å². The number of hydrogen-bond acceptors (Lipinski definition) is 3. The van der Waals surface area contributed by atoms with Crippen LogP contribution in [0.3, 0.4) is 0 Å². The Balaban J connectivity index is 1.24. The fourth-order valence-corrected chi connectivity index (χ4v) is 7.37. The molecule has 1 aromatic heterocycles. The van der Waals surface area contributed by atoms with Crippen LogP contribution in [0.4, 0.5) is 0 Å². The highest BCUT2D eigenvalue weighted by molar-refractivity contribution is 5.85. The fourth-order valence-electron chi connectivity index (χ4n) is 7.37. The number of hydrogen-bond donors (Lipinski definition) is 0. The maximum absolute atomic E-state index is 9.64. The maximum atomic E-state index is 9.64. The first-order valence-corrected chi connectivity index (χ1v) is 15.5. The first-order chi connectivity index (χ1) is 21.7. The zero-order valence-corrected chi connectivity index (χ0v) is 24.5. The second-order valence-electron chi connectivity index (χ2n) is 12.1. The van der Waals surface area contributed by atoms with Gasteiger partial charge < -0.3 is 0 Å². The zero-order valence-electron chi connectivity index (χ0n) is 24.5. The van der Waals surface area contributed by atoms with Crippen LogP contribution in [0.2, 0.25) is 0 Å². The fraction of sp³-hybridized carbons (Fsp3) is 0.146. The van der Waals surface area contributed by atoms with Crippen LogP contribution in [0.5, 0.6) is 0 Å². The van der Waals surface area contributed by atoms with Crippen molar-refractivity contribution in [1.82, 2.24) is 9.97 Å². The minimum absolute atomic E-state index is 0.0341. The lowest BCUT2D eigenvalue weighted by Gasteiger charge is -2.36. The molecule has 0 radical (unpaired) electrons. The molecule has 0 unspecified atom stereocenters. The summed E-state index contributed by atoms with van der Waals surface area (Å²) in [6, 6.07) is 47.0. The van der Waals surface area contributed by atoms with E-state index in [9.17, 15) is 5.26 Å². The lowest BCUT2D eigenvalue weighted by atomic mass is 9.67. The zero-order chi connectivity index (χ0) is 29.5. The molecule has 0 saturated heterocycles. The summed E-state index contributed by atoms with van der Waals surface area (Å²) in [5.41, 5.74) is 13.4. The van der Waals surface area contributed by atoms with Gasteiger partial charge in [0.1, 0.15) is 0 Å². The lowest BCUT2D eigenvalue weighted by molar-refractivity contribution is 0.353. The predicted octanol–water partition coefficient (Wildman–Crippen LogP) is 10.2. The second kappa shape index (κ2) is 10.7. The van der Waals surface area contributed by atoms with E-state index in [1.807, 2.05) is 42.5 Å². The van der Waals surface area contributed by atoms with Gasteiger partial charge in [-0.05, 0) is 76.6 Å². The van der Waals surface area contributed by atoms with E-state index >= 15 is 0 Å². The van der Waals surface area contributed by atoms with E-state index in [-0.39, 0.29) is 5.41 Å². The van der Waals surface area contributed by atoms with Crippen LogP contribution in [0.25, 0.3) is 56.2 Å². The molecule has 0 atom stereocenters. The number of rotatable bonds is 4. The third-order valence-electron chi connectivity index (χ3n) is 9.52. The van der Waals surface area contributed by atoms with Crippen molar-refractivity contribution in [2.24, 2.45) is 0 Å². The summed E-state index contributed by atoms with van der Waals surface area (Å²) in [4.78, 5) is 10.0. The summed E-state index contributed by atoms with van der Waals surface area (Å²) in [5.74, 6) is 0.721. The Kier molecular flexibility index (Phi) is 6.42. The molecule has 8 rings (SSSR count). The molecule has 1 spiro atoms. The quantitative estimate of drug-likeness (QED) is 0.214. The van der Waals surface area contributed by atoms with E-state index in [2.05, 4.69) is 91.0 Å². The van der Waals surface area contributed by atoms with Crippen LogP contribution in [-0.4, -0.2) is 9.97 Å². The van der Waals surface area contributed by atoms with Crippen molar-refractivity contribution in [3.05, 3.63) is 144 Å². The van der Waals surface area contributed by atoms with Crippen LogP contribution in [-0.2, 0) is 5.41 Å². The number of aromatic nitrogens is 2. The third-order valence-corrected chi connectivity index (χ3v) is 9.52.